The van der Waals surface area contributed by atoms with E-state index in [2.05, 4.69) is 23.7 Å². The number of carbonyl (C=O) groups excluding carboxylic acids is 1. The van der Waals surface area contributed by atoms with E-state index in [0.29, 0.717) is 18.7 Å². The highest BCUT2D eigenvalue weighted by atomic mass is 32.1. The van der Waals surface area contributed by atoms with Crippen LogP contribution in [0.15, 0.2) is 60.1 Å². The summed E-state index contributed by atoms with van der Waals surface area (Å²) in [5.74, 6) is 0.577. The molecule has 3 aromatic rings. The fourth-order valence-corrected chi connectivity index (χ4v) is 3.73. The van der Waals surface area contributed by atoms with E-state index >= 15 is 0 Å². The number of hydrogen-bond acceptors (Lipinski definition) is 4. The zero-order chi connectivity index (χ0) is 19.9. The number of anilines is 2. The van der Waals surface area contributed by atoms with Gasteiger partial charge in [-0.1, -0.05) is 12.1 Å². The molecule has 4 nitrogen and oxygen atoms in total. The minimum Gasteiger partial charge on any atom is -0.357 e. The lowest BCUT2D eigenvalue weighted by Gasteiger charge is -2.24. The molecular formula is C22H24FN3OS. The number of pyridine rings is 1. The molecule has 28 heavy (non-hydrogen) atoms. The average molecular weight is 398 g/mol. The monoisotopic (exact) mass is 397 g/mol. The average Bonchev–Trinajstić information content (AvgIpc) is 3.22. The number of halogens is 1. The molecule has 146 valence electrons. The maximum Gasteiger partial charge on any atom is 0.232 e. The largest absolute Gasteiger partial charge is 0.357 e. The van der Waals surface area contributed by atoms with E-state index < -0.39 is 0 Å². The molecule has 1 amide bonds. The highest BCUT2D eigenvalue weighted by Gasteiger charge is 2.18. The molecule has 2 aromatic heterocycles. The van der Waals surface area contributed by atoms with Crippen molar-refractivity contribution in [2.45, 2.75) is 26.8 Å². The molecule has 0 aliphatic carbocycles. The Morgan fingerprint density at radius 1 is 1.07 bits per heavy atom. The number of benzene rings is 1. The van der Waals surface area contributed by atoms with Gasteiger partial charge >= 0.3 is 0 Å². The lowest BCUT2D eigenvalue weighted by atomic mass is 10.2. The molecule has 0 N–H and O–H groups in total. The van der Waals surface area contributed by atoms with Gasteiger partial charge in [0.2, 0.25) is 5.91 Å². The van der Waals surface area contributed by atoms with Crippen molar-refractivity contribution in [2.75, 3.05) is 22.9 Å². The van der Waals surface area contributed by atoms with Gasteiger partial charge in [-0.15, -0.1) is 11.3 Å². The zero-order valence-corrected chi connectivity index (χ0v) is 17.0. The molecule has 0 atom stereocenters. The van der Waals surface area contributed by atoms with Crippen molar-refractivity contribution in [3.8, 4) is 0 Å². The summed E-state index contributed by atoms with van der Waals surface area (Å²) < 4.78 is 13.4. The van der Waals surface area contributed by atoms with E-state index in [1.807, 2.05) is 35.8 Å². The third-order valence-corrected chi connectivity index (χ3v) is 5.46. The molecule has 0 unspecified atom stereocenters. The smallest absolute Gasteiger partial charge is 0.232 e. The number of hydrogen-bond donors (Lipinski definition) is 0. The zero-order valence-electron chi connectivity index (χ0n) is 16.1. The van der Waals surface area contributed by atoms with Crippen LogP contribution in [0.1, 0.15) is 24.3 Å². The van der Waals surface area contributed by atoms with Crippen LogP contribution in [-0.4, -0.2) is 24.0 Å². The summed E-state index contributed by atoms with van der Waals surface area (Å²) in [7, 11) is 0. The number of nitrogens with zero attached hydrogens (tertiary/aromatic N) is 3. The van der Waals surface area contributed by atoms with Crippen LogP contribution in [-0.2, 0) is 17.8 Å². The molecule has 0 fully saturated rings. The maximum absolute atomic E-state index is 13.4. The van der Waals surface area contributed by atoms with Gasteiger partial charge in [0.1, 0.15) is 11.6 Å². The van der Waals surface area contributed by atoms with Crippen LogP contribution in [0.25, 0.3) is 0 Å². The van der Waals surface area contributed by atoms with Crippen molar-refractivity contribution in [3.05, 3.63) is 76.4 Å². The summed E-state index contributed by atoms with van der Waals surface area (Å²) in [4.78, 5) is 22.4. The molecule has 0 aliphatic rings. The number of amides is 1. The van der Waals surface area contributed by atoms with Gasteiger partial charge in [-0.25, -0.2) is 9.37 Å². The second-order valence-electron chi connectivity index (χ2n) is 6.41. The van der Waals surface area contributed by atoms with Crippen molar-refractivity contribution < 1.29 is 9.18 Å². The molecule has 0 bridgehead atoms. The second-order valence-corrected chi connectivity index (χ2v) is 7.44. The summed E-state index contributed by atoms with van der Waals surface area (Å²) in [6.07, 6.45) is 2.13. The molecule has 0 saturated carbocycles. The molecule has 2 heterocycles. The third kappa shape index (κ3) is 4.95. The molecule has 0 saturated heterocycles. The van der Waals surface area contributed by atoms with Crippen LogP contribution in [0.5, 0.6) is 0 Å². The summed E-state index contributed by atoms with van der Waals surface area (Å²) in [5, 5.41) is 1.96. The van der Waals surface area contributed by atoms with Crippen molar-refractivity contribution in [3.63, 3.8) is 0 Å². The summed E-state index contributed by atoms with van der Waals surface area (Å²) in [6, 6.07) is 13.9. The molecule has 0 spiro atoms. The quantitative estimate of drug-likeness (QED) is 0.542. The van der Waals surface area contributed by atoms with Crippen LogP contribution in [0.4, 0.5) is 15.9 Å². The van der Waals surface area contributed by atoms with E-state index in [4.69, 9.17) is 0 Å². The molecule has 1 aromatic carbocycles. The van der Waals surface area contributed by atoms with Gasteiger partial charge < -0.3 is 9.80 Å². The molecular weight excluding hydrogens is 373 g/mol. The van der Waals surface area contributed by atoms with E-state index in [1.165, 1.54) is 12.1 Å². The topological polar surface area (TPSA) is 36.4 Å². The fourth-order valence-electron chi connectivity index (χ4n) is 3.03. The number of aromatic nitrogens is 1. The first kappa shape index (κ1) is 20.0. The van der Waals surface area contributed by atoms with E-state index in [1.54, 1.807) is 28.4 Å². The fraction of sp³-hybridized carbons (Fsp3) is 0.273. The van der Waals surface area contributed by atoms with E-state index in [9.17, 15) is 9.18 Å². The molecule has 3 rings (SSSR count). The van der Waals surface area contributed by atoms with Crippen LogP contribution < -0.4 is 9.80 Å². The minimum atomic E-state index is -0.320. The van der Waals surface area contributed by atoms with Crippen LogP contribution in [0.2, 0.25) is 0 Å². The van der Waals surface area contributed by atoms with Crippen molar-refractivity contribution in [1.29, 1.82) is 0 Å². The molecule has 0 aliphatic heterocycles. The second kappa shape index (κ2) is 9.46. The Morgan fingerprint density at radius 2 is 1.82 bits per heavy atom. The Bertz CT molecular complexity index is 875. The number of thiophene rings is 1. The molecule has 6 heteroatoms. The summed E-state index contributed by atoms with van der Waals surface area (Å²) >= 11 is 1.56. The van der Waals surface area contributed by atoms with E-state index in [0.717, 1.165) is 29.3 Å². The van der Waals surface area contributed by atoms with Gasteiger partial charge in [-0.3, -0.25) is 4.79 Å². The lowest BCUT2D eigenvalue weighted by Crippen LogP contribution is -2.31. The van der Waals surface area contributed by atoms with Crippen molar-refractivity contribution in [1.82, 2.24) is 4.98 Å². The van der Waals surface area contributed by atoms with Crippen molar-refractivity contribution in [2.24, 2.45) is 0 Å². The van der Waals surface area contributed by atoms with Crippen LogP contribution >= 0.6 is 11.3 Å². The first-order chi connectivity index (χ1) is 13.6. The van der Waals surface area contributed by atoms with Gasteiger partial charge in [0.05, 0.1) is 13.0 Å². The van der Waals surface area contributed by atoms with Crippen LogP contribution in [0, 0.1) is 5.82 Å². The highest BCUT2D eigenvalue weighted by Crippen LogP contribution is 2.21. The van der Waals surface area contributed by atoms with Gasteiger partial charge in [0.25, 0.3) is 0 Å². The third-order valence-electron chi connectivity index (χ3n) is 4.58. The standard InChI is InChI=1S/C22H24FN3OS/c1-3-25(4-2)21-12-7-17(15-24-21)16-26(19-10-8-18(23)9-11-19)22(27)14-20-6-5-13-28-20/h5-13,15H,3-4,14,16H2,1-2H3. The van der Waals surface area contributed by atoms with Gasteiger partial charge in [-0.2, -0.15) is 0 Å². The SMILES string of the molecule is CCN(CC)c1ccc(CN(C(=O)Cc2cccs2)c2ccc(F)cc2)cn1. The van der Waals surface area contributed by atoms with E-state index in [-0.39, 0.29) is 11.7 Å². The van der Waals surface area contributed by atoms with Gasteiger partial charge in [0, 0.05) is 29.9 Å². The normalized spacial score (nSPS) is 10.7. The lowest BCUT2D eigenvalue weighted by molar-refractivity contribution is -0.118. The summed E-state index contributed by atoms with van der Waals surface area (Å²) in [5.41, 5.74) is 1.61. The Hall–Kier alpha value is -2.73. The Balaban J connectivity index is 1.82. The Morgan fingerprint density at radius 3 is 2.39 bits per heavy atom. The predicted octanol–water partition coefficient (Wildman–Crippen LogP) is 4.90. The number of rotatable bonds is 8. The van der Waals surface area contributed by atoms with Gasteiger partial charge in [0.15, 0.2) is 0 Å². The van der Waals surface area contributed by atoms with Crippen molar-refractivity contribution >= 4 is 28.7 Å². The molecule has 0 radical (unpaired) electrons. The first-order valence-electron chi connectivity index (χ1n) is 9.39. The maximum atomic E-state index is 13.4. The minimum absolute atomic E-state index is 0.0260. The predicted molar refractivity (Wildman–Crippen MR) is 113 cm³/mol. The highest BCUT2D eigenvalue weighted by molar-refractivity contribution is 7.10. The van der Waals surface area contributed by atoms with Gasteiger partial charge in [-0.05, 0) is 61.2 Å². The first-order valence-corrected chi connectivity index (χ1v) is 10.3. The number of carbonyl (C=O) groups is 1. The summed E-state index contributed by atoms with van der Waals surface area (Å²) in [6.45, 7) is 6.37. The Kier molecular flexibility index (Phi) is 6.76. The van der Waals surface area contributed by atoms with Crippen LogP contribution in [0.3, 0.4) is 0 Å². The Labute approximate surface area is 169 Å².